The van der Waals surface area contributed by atoms with Crippen molar-refractivity contribution in [1.29, 1.82) is 0 Å². The van der Waals surface area contributed by atoms with Crippen molar-refractivity contribution in [1.82, 2.24) is 10.2 Å². The molecule has 0 amide bonds. The van der Waals surface area contributed by atoms with Crippen LogP contribution in [0.1, 0.15) is 25.8 Å². The number of likely N-dealkylation sites (N-methyl/N-ethyl adjacent to an activating group) is 1. The van der Waals surface area contributed by atoms with Crippen LogP contribution < -0.4 is 10.1 Å². The minimum absolute atomic E-state index is 0.0707. The van der Waals surface area contributed by atoms with Gasteiger partial charge in [0, 0.05) is 6.54 Å². The quantitative estimate of drug-likeness (QED) is 0.887. The molecule has 1 fully saturated rings. The van der Waals surface area contributed by atoms with Crippen LogP contribution in [0.15, 0.2) is 24.3 Å². The van der Waals surface area contributed by atoms with Gasteiger partial charge in [0.1, 0.15) is 5.75 Å². The topological polar surface area (TPSA) is 24.5 Å². The fourth-order valence-corrected chi connectivity index (χ4v) is 2.55. The summed E-state index contributed by atoms with van der Waals surface area (Å²) in [6, 6.07) is 8.52. The van der Waals surface area contributed by atoms with Gasteiger partial charge in [-0.1, -0.05) is 12.1 Å². The zero-order valence-electron chi connectivity index (χ0n) is 11.7. The Kier molecular flexibility index (Phi) is 4.25. The van der Waals surface area contributed by atoms with Crippen molar-refractivity contribution in [2.75, 3.05) is 33.3 Å². The van der Waals surface area contributed by atoms with Crippen LogP contribution >= 0.6 is 0 Å². The number of hydrogen-bond acceptors (Lipinski definition) is 3. The molecule has 0 aliphatic carbocycles. The number of rotatable bonds is 3. The standard InChI is InChI=1S/C15H24N2O/c1-4-18-14-8-6-13(7-9-14)15(2)12-16-10-5-11-17(15)3/h6-9,16H,4-5,10-12H2,1-3H3. The summed E-state index contributed by atoms with van der Waals surface area (Å²) in [7, 11) is 2.21. The fraction of sp³-hybridized carbons (Fsp3) is 0.600. The lowest BCUT2D eigenvalue weighted by atomic mass is 9.90. The van der Waals surface area contributed by atoms with E-state index in [1.165, 1.54) is 12.0 Å². The largest absolute Gasteiger partial charge is 0.494 e. The maximum atomic E-state index is 5.50. The molecule has 18 heavy (non-hydrogen) atoms. The molecule has 3 nitrogen and oxygen atoms in total. The Hall–Kier alpha value is -1.06. The van der Waals surface area contributed by atoms with Crippen molar-refractivity contribution in [3.8, 4) is 5.75 Å². The van der Waals surface area contributed by atoms with E-state index in [0.29, 0.717) is 0 Å². The highest BCUT2D eigenvalue weighted by molar-refractivity contribution is 5.32. The molecule has 1 N–H and O–H groups in total. The van der Waals surface area contributed by atoms with Crippen LogP contribution in [0.2, 0.25) is 0 Å². The molecule has 1 heterocycles. The first-order valence-electron chi connectivity index (χ1n) is 6.82. The van der Waals surface area contributed by atoms with E-state index in [2.05, 4.69) is 48.5 Å². The SMILES string of the molecule is CCOc1ccc(C2(C)CNCCCN2C)cc1. The van der Waals surface area contributed by atoms with E-state index in [0.717, 1.165) is 32.0 Å². The van der Waals surface area contributed by atoms with Crippen molar-refractivity contribution < 1.29 is 4.74 Å². The number of ether oxygens (including phenoxy) is 1. The van der Waals surface area contributed by atoms with Gasteiger partial charge in [-0.2, -0.15) is 0 Å². The summed E-state index contributed by atoms with van der Waals surface area (Å²) >= 11 is 0. The van der Waals surface area contributed by atoms with Crippen molar-refractivity contribution in [3.05, 3.63) is 29.8 Å². The molecule has 2 rings (SSSR count). The minimum Gasteiger partial charge on any atom is -0.494 e. The fourth-order valence-electron chi connectivity index (χ4n) is 2.55. The first-order chi connectivity index (χ1) is 8.66. The van der Waals surface area contributed by atoms with Gasteiger partial charge in [-0.25, -0.2) is 0 Å². The molecule has 0 radical (unpaired) electrons. The maximum absolute atomic E-state index is 5.50. The molecule has 0 spiro atoms. The Bertz CT molecular complexity index is 377. The molecular weight excluding hydrogens is 224 g/mol. The van der Waals surface area contributed by atoms with Gasteiger partial charge >= 0.3 is 0 Å². The molecule has 1 saturated heterocycles. The number of benzene rings is 1. The van der Waals surface area contributed by atoms with Crippen LogP contribution in [0.4, 0.5) is 0 Å². The maximum Gasteiger partial charge on any atom is 0.119 e. The molecule has 1 aliphatic heterocycles. The highest BCUT2D eigenvalue weighted by Crippen LogP contribution is 2.29. The Labute approximate surface area is 110 Å². The van der Waals surface area contributed by atoms with Crippen molar-refractivity contribution in [2.24, 2.45) is 0 Å². The van der Waals surface area contributed by atoms with Gasteiger partial charge in [0.05, 0.1) is 12.1 Å². The molecule has 1 aromatic carbocycles. The smallest absolute Gasteiger partial charge is 0.119 e. The lowest BCUT2D eigenvalue weighted by molar-refractivity contribution is 0.151. The van der Waals surface area contributed by atoms with Crippen molar-refractivity contribution in [3.63, 3.8) is 0 Å². The number of nitrogens with zero attached hydrogens (tertiary/aromatic N) is 1. The van der Waals surface area contributed by atoms with Gasteiger partial charge in [0.15, 0.2) is 0 Å². The van der Waals surface area contributed by atoms with Gasteiger partial charge in [0.25, 0.3) is 0 Å². The van der Waals surface area contributed by atoms with E-state index in [9.17, 15) is 0 Å². The lowest BCUT2D eigenvalue weighted by Gasteiger charge is -2.38. The van der Waals surface area contributed by atoms with Crippen LogP contribution in [0.5, 0.6) is 5.75 Å². The van der Waals surface area contributed by atoms with Gasteiger partial charge in [-0.05, 0) is 58.1 Å². The van der Waals surface area contributed by atoms with Crippen LogP contribution in [0.25, 0.3) is 0 Å². The number of nitrogens with one attached hydrogen (secondary N) is 1. The van der Waals surface area contributed by atoms with Gasteiger partial charge in [0.2, 0.25) is 0 Å². The summed E-state index contributed by atoms with van der Waals surface area (Å²) in [5, 5.41) is 3.53. The minimum atomic E-state index is 0.0707. The zero-order valence-corrected chi connectivity index (χ0v) is 11.7. The van der Waals surface area contributed by atoms with E-state index < -0.39 is 0 Å². The predicted octanol–water partition coefficient (Wildman–Crippen LogP) is 2.23. The average Bonchev–Trinajstić information content (AvgIpc) is 2.54. The van der Waals surface area contributed by atoms with E-state index in [1.807, 2.05) is 6.92 Å². The monoisotopic (exact) mass is 248 g/mol. The van der Waals surface area contributed by atoms with E-state index in [1.54, 1.807) is 0 Å². The highest BCUT2D eigenvalue weighted by atomic mass is 16.5. The van der Waals surface area contributed by atoms with Crippen LogP contribution in [0, 0.1) is 0 Å². The predicted molar refractivity (Wildman–Crippen MR) is 75.1 cm³/mol. The van der Waals surface area contributed by atoms with Crippen molar-refractivity contribution in [2.45, 2.75) is 25.8 Å². The van der Waals surface area contributed by atoms with Crippen LogP contribution in [0.3, 0.4) is 0 Å². The summed E-state index contributed by atoms with van der Waals surface area (Å²) in [4.78, 5) is 2.45. The van der Waals surface area contributed by atoms with Crippen molar-refractivity contribution >= 4 is 0 Å². The summed E-state index contributed by atoms with van der Waals surface area (Å²) in [6.45, 7) is 8.28. The molecule has 3 heteroatoms. The molecule has 100 valence electrons. The molecule has 1 unspecified atom stereocenters. The third-order valence-corrected chi connectivity index (χ3v) is 3.95. The summed E-state index contributed by atoms with van der Waals surface area (Å²) in [6.07, 6.45) is 1.21. The molecule has 1 aromatic rings. The lowest BCUT2D eigenvalue weighted by Crippen LogP contribution is -2.46. The third kappa shape index (κ3) is 2.68. The number of hydrogen-bond donors (Lipinski definition) is 1. The second-order valence-electron chi connectivity index (χ2n) is 5.18. The first kappa shape index (κ1) is 13.4. The van der Waals surface area contributed by atoms with Gasteiger partial charge < -0.3 is 10.1 Å². The van der Waals surface area contributed by atoms with E-state index >= 15 is 0 Å². The first-order valence-corrected chi connectivity index (χ1v) is 6.82. The molecule has 0 saturated carbocycles. The second kappa shape index (κ2) is 5.72. The normalized spacial score (nSPS) is 25.7. The Balaban J connectivity index is 2.21. The molecule has 0 bridgehead atoms. The van der Waals surface area contributed by atoms with E-state index in [4.69, 9.17) is 4.74 Å². The van der Waals surface area contributed by atoms with Crippen LogP contribution in [-0.2, 0) is 5.54 Å². The summed E-state index contributed by atoms with van der Waals surface area (Å²) < 4.78 is 5.50. The third-order valence-electron chi connectivity index (χ3n) is 3.95. The van der Waals surface area contributed by atoms with Gasteiger partial charge in [-0.15, -0.1) is 0 Å². The summed E-state index contributed by atoms with van der Waals surface area (Å²) in [5.41, 5.74) is 1.42. The van der Waals surface area contributed by atoms with Crippen LogP contribution in [-0.4, -0.2) is 38.2 Å². The van der Waals surface area contributed by atoms with E-state index in [-0.39, 0.29) is 5.54 Å². The Morgan fingerprint density at radius 3 is 2.72 bits per heavy atom. The molecular formula is C15H24N2O. The highest BCUT2D eigenvalue weighted by Gasteiger charge is 2.32. The molecule has 1 aliphatic rings. The Morgan fingerprint density at radius 2 is 2.06 bits per heavy atom. The molecule has 1 atom stereocenters. The Morgan fingerprint density at radius 1 is 1.33 bits per heavy atom. The average molecular weight is 248 g/mol. The summed E-state index contributed by atoms with van der Waals surface area (Å²) in [5.74, 6) is 0.953. The van der Waals surface area contributed by atoms with Gasteiger partial charge in [-0.3, -0.25) is 4.90 Å². The molecule has 0 aromatic heterocycles. The zero-order chi connectivity index (χ0) is 13.0. The second-order valence-corrected chi connectivity index (χ2v) is 5.18.